The predicted octanol–water partition coefficient (Wildman–Crippen LogP) is 4.48. The highest BCUT2D eigenvalue weighted by Gasteiger charge is 2.37. The summed E-state index contributed by atoms with van der Waals surface area (Å²) in [6.07, 6.45) is -9.19. The van der Waals surface area contributed by atoms with Gasteiger partial charge in [-0.15, -0.1) is 0 Å². The second-order valence-electron chi connectivity index (χ2n) is 8.26. The number of para-hydroxylation sites is 1. The van der Waals surface area contributed by atoms with Gasteiger partial charge in [-0.2, -0.15) is 26.3 Å². The van der Waals surface area contributed by atoms with Crippen LogP contribution in [0.3, 0.4) is 0 Å². The SMILES string of the molecule is N/C=C(/C(=O)/C(N)=C(\c1ccccc1)N(N)Cc1cc(C(F)(F)F)cc(C(F)(F)F)c1)N(N)c1ccccc1. The van der Waals surface area contributed by atoms with Crippen molar-refractivity contribution in [2.24, 2.45) is 23.2 Å². The standard InChI is InChI=1S/C26H24F6N6O/c27-25(28,29)18-11-16(12-19(13-18)26(30,31)32)15-37(35)23(17-7-3-1-4-8-17)22(34)24(39)21(14-33)38(36)20-9-5-2-6-10-20/h1-14H,15,33-36H2/b21-14-,23-22-. The zero-order valence-corrected chi connectivity index (χ0v) is 20.2. The number of hydrogen-bond donors (Lipinski definition) is 4. The molecule has 0 atom stereocenters. The lowest BCUT2D eigenvalue weighted by Gasteiger charge is -2.26. The van der Waals surface area contributed by atoms with Gasteiger partial charge < -0.3 is 16.5 Å². The lowest BCUT2D eigenvalue weighted by atomic mass is 10.0. The largest absolute Gasteiger partial charge is 0.416 e. The van der Waals surface area contributed by atoms with E-state index in [0.29, 0.717) is 17.8 Å². The van der Waals surface area contributed by atoms with Gasteiger partial charge in [0.05, 0.1) is 29.1 Å². The maximum atomic E-state index is 13.4. The fourth-order valence-electron chi connectivity index (χ4n) is 3.70. The Kier molecular flexibility index (Phi) is 8.57. The quantitative estimate of drug-likeness (QED) is 0.141. The average Bonchev–Trinajstić information content (AvgIpc) is 2.89. The first-order valence-electron chi connectivity index (χ1n) is 11.2. The zero-order chi connectivity index (χ0) is 29.0. The van der Waals surface area contributed by atoms with E-state index in [2.05, 4.69) is 0 Å². The second kappa shape index (κ2) is 11.5. The molecule has 0 aromatic heterocycles. The molecule has 3 aromatic rings. The first kappa shape index (κ1) is 29.1. The van der Waals surface area contributed by atoms with E-state index in [1.807, 2.05) is 0 Å². The van der Waals surface area contributed by atoms with Crippen LogP contribution in [0.25, 0.3) is 5.70 Å². The molecule has 0 radical (unpaired) electrons. The number of carbonyl (C=O) groups is 1. The van der Waals surface area contributed by atoms with Gasteiger partial charge in [0.15, 0.2) is 0 Å². The van der Waals surface area contributed by atoms with Crippen molar-refractivity contribution in [3.05, 3.63) is 119 Å². The van der Waals surface area contributed by atoms with Gasteiger partial charge in [-0.1, -0.05) is 48.5 Å². The van der Waals surface area contributed by atoms with Crippen LogP contribution in [0.4, 0.5) is 32.0 Å². The van der Waals surface area contributed by atoms with Crippen molar-refractivity contribution in [2.75, 3.05) is 5.01 Å². The second-order valence-corrected chi connectivity index (χ2v) is 8.26. The Bertz CT molecular complexity index is 1340. The van der Waals surface area contributed by atoms with Gasteiger partial charge in [-0.25, -0.2) is 11.7 Å². The molecule has 0 aliphatic rings. The normalized spacial score (nSPS) is 13.1. The summed E-state index contributed by atoms with van der Waals surface area (Å²) < 4.78 is 80.1. The topological polar surface area (TPSA) is 128 Å². The van der Waals surface area contributed by atoms with Crippen LogP contribution >= 0.6 is 0 Å². The van der Waals surface area contributed by atoms with E-state index in [4.69, 9.17) is 23.2 Å². The molecule has 0 bridgehead atoms. The molecular formula is C26H24F6N6O. The third-order valence-corrected chi connectivity index (χ3v) is 5.52. The van der Waals surface area contributed by atoms with Crippen molar-refractivity contribution in [3.8, 4) is 0 Å². The highest BCUT2D eigenvalue weighted by atomic mass is 19.4. The van der Waals surface area contributed by atoms with E-state index in [-0.39, 0.29) is 23.0 Å². The predicted molar refractivity (Wildman–Crippen MR) is 134 cm³/mol. The van der Waals surface area contributed by atoms with Crippen molar-refractivity contribution >= 4 is 17.2 Å². The molecule has 7 nitrogen and oxygen atoms in total. The van der Waals surface area contributed by atoms with Crippen LogP contribution in [0.2, 0.25) is 0 Å². The minimum absolute atomic E-state index is 0.00786. The molecule has 3 rings (SSSR count). The monoisotopic (exact) mass is 550 g/mol. The fourth-order valence-corrected chi connectivity index (χ4v) is 3.70. The maximum Gasteiger partial charge on any atom is 0.416 e. The molecule has 0 saturated carbocycles. The Morgan fingerprint density at radius 3 is 1.74 bits per heavy atom. The molecule has 0 heterocycles. The average molecular weight is 551 g/mol. The summed E-state index contributed by atoms with van der Waals surface area (Å²) in [7, 11) is 0. The molecule has 0 aliphatic carbocycles. The lowest BCUT2D eigenvalue weighted by Crippen LogP contribution is -2.38. The van der Waals surface area contributed by atoms with Crippen LogP contribution in [0.5, 0.6) is 0 Å². The number of benzene rings is 3. The molecule has 0 spiro atoms. The van der Waals surface area contributed by atoms with Gasteiger partial charge in [-0.05, 0) is 35.9 Å². The van der Waals surface area contributed by atoms with Crippen LogP contribution in [0.15, 0.2) is 96.5 Å². The van der Waals surface area contributed by atoms with Crippen LogP contribution in [0.1, 0.15) is 22.3 Å². The van der Waals surface area contributed by atoms with Gasteiger partial charge in [0, 0.05) is 11.8 Å². The molecule has 0 amide bonds. The number of Topliss-reactive ketones (excluding diaryl/α,β-unsaturated/α-hetero) is 1. The van der Waals surface area contributed by atoms with Crippen LogP contribution in [-0.4, -0.2) is 10.8 Å². The molecule has 0 aliphatic heterocycles. The Morgan fingerprint density at radius 1 is 0.795 bits per heavy atom. The first-order chi connectivity index (χ1) is 18.2. The molecular weight excluding hydrogens is 526 g/mol. The van der Waals surface area contributed by atoms with E-state index in [1.54, 1.807) is 48.5 Å². The van der Waals surface area contributed by atoms with Crippen LogP contribution in [-0.2, 0) is 23.7 Å². The maximum absolute atomic E-state index is 13.4. The van der Waals surface area contributed by atoms with Gasteiger partial charge >= 0.3 is 12.4 Å². The van der Waals surface area contributed by atoms with E-state index >= 15 is 0 Å². The summed E-state index contributed by atoms with van der Waals surface area (Å²) >= 11 is 0. The number of anilines is 1. The van der Waals surface area contributed by atoms with Crippen molar-refractivity contribution in [1.29, 1.82) is 0 Å². The van der Waals surface area contributed by atoms with Gasteiger partial charge in [0.1, 0.15) is 11.4 Å². The van der Waals surface area contributed by atoms with Crippen LogP contribution in [0, 0.1) is 0 Å². The Hall–Kier alpha value is -4.49. The summed E-state index contributed by atoms with van der Waals surface area (Å²) in [4.78, 5) is 13.4. The number of rotatable bonds is 8. The van der Waals surface area contributed by atoms with Crippen molar-refractivity contribution in [3.63, 3.8) is 0 Å². The van der Waals surface area contributed by atoms with Gasteiger partial charge in [0.25, 0.3) is 0 Å². The minimum Gasteiger partial charge on any atom is -0.403 e. The Balaban J connectivity index is 2.09. The molecule has 0 fully saturated rings. The summed E-state index contributed by atoms with van der Waals surface area (Å²) in [5.74, 6) is 11.3. The smallest absolute Gasteiger partial charge is 0.403 e. The van der Waals surface area contributed by atoms with E-state index in [1.165, 1.54) is 12.1 Å². The van der Waals surface area contributed by atoms with Gasteiger partial charge in [-0.3, -0.25) is 9.80 Å². The first-order valence-corrected chi connectivity index (χ1v) is 11.2. The van der Waals surface area contributed by atoms with E-state index in [0.717, 1.165) is 16.2 Å². The summed E-state index contributed by atoms with van der Waals surface area (Å²) in [5.41, 5.74) is 8.12. The van der Waals surface area contributed by atoms with Crippen molar-refractivity contribution in [2.45, 2.75) is 18.9 Å². The lowest BCUT2D eigenvalue weighted by molar-refractivity contribution is -0.143. The number of hydrogen-bond acceptors (Lipinski definition) is 7. The van der Waals surface area contributed by atoms with Crippen LogP contribution < -0.4 is 28.2 Å². The summed E-state index contributed by atoms with van der Waals surface area (Å²) in [6.45, 7) is -0.669. The molecule has 0 unspecified atom stereocenters. The number of alkyl halides is 6. The van der Waals surface area contributed by atoms with Crippen molar-refractivity contribution < 1.29 is 31.1 Å². The summed E-state index contributed by atoms with van der Waals surface area (Å²) in [6, 6.07) is 17.1. The highest BCUT2D eigenvalue weighted by Crippen LogP contribution is 2.37. The number of nitrogens with zero attached hydrogens (tertiary/aromatic N) is 2. The third kappa shape index (κ3) is 6.89. The minimum atomic E-state index is -5.05. The number of nitrogens with two attached hydrogens (primary N) is 4. The zero-order valence-electron chi connectivity index (χ0n) is 20.2. The number of hydrazine groups is 2. The molecule has 0 saturated heterocycles. The number of carbonyl (C=O) groups excluding carboxylic acids is 1. The molecule has 13 heteroatoms. The number of halogens is 6. The molecule has 3 aromatic carbocycles. The van der Waals surface area contributed by atoms with E-state index < -0.39 is 47.1 Å². The Morgan fingerprint density at radius 2 is 1.28 bits per heavy atom. The van der Waals surface area contributed by atoms with E-state index in [9.17, 15) is 31.1 Å². The Labute approximate surface area is 219 Å². The molecule has 8 N–H and O–H groups in total. The van der Waals surface area contributed by atoms with Gasteiger partial charge in [0.2, 0.25) is 5.78 Å². The fraction of sp³-hybridized carbons (Fsp3) is 0.115. The molecule has 206 valence electrons. The highest BCUT2D eigenvalue weighted by molar-refractivity contribution is 6.13. The number of ketones is 1. The van der Waals surface area contributed by atoms with Crippen molar-refractivity contribution in [1.82, 2.24) is 5.01 Å². The molecule has 39 heavy (non-hydrogen) atoms. The third-order valence-electron chi connectivity index (χ3n) is 5.52. The summed E-state index contributed by atoms with van der Waals surface area (Å²) in [5, 5.41) is 1.76.